The lowest BCUT2D eigenvalue weighted by atomic mass is 9.97. The molecule has 31 heavy (non-hydrogen) atoms. The molecule has 2 aliphatic rings. The molecule has 3 aromatic rings. The number of carbonyl (C=O) groups excluding carboxylic acids is 1. The van der Waals surface area contributed by atoms with Gasteiger partial charge in [-0.05, 0) is 49.9 Å². The molecule has 0 saturated carbocycles. The van der Waals surface area contributed by atoms with Gasteiger partial charge in [0.15, 0.2) is 0 Å². The number of nitrogens with zero attached hydrogens (tertiary/aromatic N) is 4. The maximum atomic E-state index is 13.7. The Labute approximate surface area is 184 Å². The number of piperidine rings is 2. The number of halogens is 2. The van der Waals surface area contributed by atoms with E-state index in [4.69, 9.17) is 11.6 Å². The number of aromatic nitrogens is 3. The Kier molecular flexibility index (Phi) is 5.40. The van der Waals surface area contributed by atoms with Crippen molar-refractivity contribution in [3.63, 3.8) is 0 Å². The van der Waals surface area contributed by atoms with Crippen molar-refractivity contribution in [2.75, 3.05) is 29.9 Å². The molecule has 2 aliphatic heterocycles. The zero-order valence-electron chi connectivity index (χ0n) is 17.0. The largest absolute Gasteiger partial charge is 0.374 e. The van der Waals surface area contributed by atoms with Crippen molar-refractivity contribution in [2.24, 2.45) is 0 Å². The molecule has 1 aromatic carbocycles. The average molecular weight is 443 g/mol. The van der Waals surface area contributed by atoms with Crippen LogP contribution >= 0.6 is 11.6 Å². The molecule has 0 bridgehead atoms. The normalized spacial score (nSPS) is 22.2. The molecule has 0 spiro atoms. The molecule has 2 atom stereocenters. The van der Waals surface area contributed by atoms with Gasteiger partial charge in [-0.3, -0.25) is 4.79 Å². The summed E-state index contributed by atoms with van der Waals surface area (Å²) < 4.78 is 13.7. The van der Waals surface area contributed by atoms with E-state index in [-0.39, 0.29) is 18.0 Å². The molecule has 1 amide bonds. The standard InChI is InChI=1S/C22H24ClFN6O/c23-14-9-15(24)11-16(10-14)28-19-4-2-8-30(22(19)31)17-3-1-7-29(12-17)21-18-5-6-25-20(18)26-13-27-21/h5-6,9-11,13,17,19,28H,1-4,7-8,12H2,(H,25,26,27)/t17-,19+/m1/s1. The van der Waals surface area contributed by atoms with Crippen LogP contribution in [0.3, 0.4) is 0 Å². The number of fused-ring (bicyclic) bond motifs is 1. The van der Waals surface area contributed by atoms with Gasteiger partial charge in [0.1, 0.15) is 29.7 Å². The van der Waals surface area contributed by atoms with Crippen LogP contribution in [0.1, 0.15) is 25.7 Å². The highest BCUT2D eigenvalue weighted by Crippen LogP contribution is 2.29. The summed E-state index contributed by atoms with van der Waals surface area (Å²) in [7, 11) is 0. The molecule has 9 heteroatoms. The van der Waals surface area contributed by atoms with E-state index in [1.807, 2.05) is 17.2 Å². The first-order chi connectivity index (χ1) is 15.1. The van der Waals surface area contributed by atoms with Crippen molar-refractivity contribution in [2.45, 2.75) is 37.8 Å². The van der Waals surface area contributed by atoms with E-state index in [1.165, 1.54) is 12.1 Å². The highest BCUT2D eigenvalue weighted by molar-refractivity contribution is 6.30. The highest BCUT2D eigenvalue weighted by Gasteiger charge is 2.35. The van der Waals surface area contributed by atoms with Gasteiger partial charge in [0.05, 0.1) is 5.39 Å². The Morgan fingerprint density at radius 1 is 1.16 bits per heavy atom. The first-order valence-electron chi connectivity index (χ1n) is 10.6. The maximum Gasteiger partial charge on any atom is 0.245 e. The smallest absolute Gasteiger partial charge is 0.245 e. The molecule has 7 nitrogen and oxygen atoms in total. The topological polar surface area (TPSA) is 77.2 Å². The summed E-state index contributed by atoms with van der Waals surface area (Å²) >= 11 is 5.97. The number of benzene rings is 1. The minimum atomic E-state index is -0.418. The fraction of sp³-hybridized carbons (Fsp3) is 0.409. The number of anilines is 2. The summed E-state index contributed by atoms with van der Waals surface area (Å²) in [5.41, 5.74) is 1.35. The van der Waals surface area contributed by atoms with Crippen LogP contribution in [-0.4, -0.2) is 57.5 Å². The minimum absolute atomic E-state index is 0.0629. The third-order valence-corrected chi connectivity index (χ3v) is 6.36. The first-order valence-corrected chi connectivity index (χ1v) is 11.0. The molecular formula is C22H24ClFN6O. The van der Waals surface area contributed by atoms with Crippen LogP contribution in [0.4, 0.5) is 15.9 Å². The number of amides is 1. The fourth-order valence-corrected chi connectivity index (χ4v) is 4.97. The van der Waals surface area contributed by atoms with E-state index >= 15 is 0 Å². The maximum absolute atomic E-state index is 13.7. The molecule has 2 aromatic heterocycles. The Balaban J connectivity index is 1.32. The molecule has 2 fully saturated rings. The molecule has 4 heterocycles. The number of nitrogens with one attached hydrogen (secondary N) is 2. The van der Waals surface area contributed by atoms with Crippen molar-refractivity contribution < 1.29 is 9.18 Å². The summed E-state index contributed by atoms with van der Waals surface area (Å²) in [5.74, 6) is 0.552. The first kappa shape index (κ1) is 20.1. The Morgan fingerprint density at radius 2 is 2.03 bits per heavy atom. The number of hydrogen-bond acceptors (Lipinski definition) is 5. The van der Waals surface area contributed by atoms with Crippen molar-refractivity contribution in [1.82, 2.24) is 19.9 Å². The number of aromatic amines is 1. The van der Waals surface area contributed by atoms with Gasteiger partial charge in [-0.15, -0.1) is 0 Å². The van der Waals surface area contributed by atoms with Gasteiger partial charge in [0.25, 0.3) is 0 Å². The quantitative estimate of drug-likeness (QED) is 0.642. The zero-order chi connectivity index (χ0) is 21.4. The molecule has 0 unspecified atom stereocenters. The lowest BCUT2D eigenvalue weighted by molar-refractivity contribution is -0.137. The van der Waals surface area contributed by atoms with Crippen molar-refractivity contribution >= 4 is 40.0 Å². The van der Waals surface area contributed by atoms with Gasteiger partial charge >= 0.3 is 0 Å². The van der Waals surface area contributed by atoms with E-state index in [2.05, 4.69) is 25.2 Å². The molecule has 0 radical (unpaired) electrons. The van der Waals surface area contributed by atoms with Gasteiger partial charge in [-0.2, -0.15) is 0 Å². The summed E-state index contributed by atoms with van der Waals surface area (Å²) in [6.45, 7) is 2.38. The summed E-state index contributed by atoms with van der Waals surface area (Å²) in [6.07, 6.45) is 7.01. The second-order valence-corrected chi connectivity index (χ2v) is 8.64. The van der Waals surface area contributed by atoms with Crippen molar-refractivity contribution in [3.05, 3.63) is 47.6 Å². The Bertz CT molecular complexity index is 1080. The molecule has 2 N–H and O–H groups in total. The summed E-state index contributed by atoms with van der Waals surface area (Å²) in [4.78, 5) is 29.5. The summed E-state index contributed by atoms with van der Waals surface area (Å²) in [6, 6.07) is 6.01. The highest BCUT2D eigenvalue weighted by atomic mass is 35.5. The van der Waals surface area contributed by atoms with E-state index in [0.29, 0.717) is 10.7 Å². The minimum Gasteiger partial charge on any atom is -0.374 e. The van der Waals surface area contributed by atoms with Crippen LogP contribution < -0.4 is 10.2 Å². The van der Waals surface area contributed by atoms with Crippen LogP contribution in [0.5, 0.6) is 0 Å². The SMILES string of the molecule is O=C1[C@@H](Nc2cc(F)cc(Cl)c2)CCCN1[C@@H]1CCCN(c2ncnc3[nH]ccc23)C1. The number of likely N-dealkylation sites (tertiary alicyclic amines) is 1. The number of rotatable bonds is 4. The van der Waals surface area contributed by atoms with E-state index in [0.717, 1.165) is 62.2 Å². The lowest BCUT2D eigenvalue weighted by Crippen LogP contribution is -2.56. The molecule has 5 rings (SSSR count). The predicted octanol–water partition coefficient (Wildman–Crippen LogP) is 3.82. The summed E-state index contributed by atoms with van der Waals surface area (Å²) in [5, 5.41) is 4.50. The van der Waals surface area contributed by atoms with Crippen LogP contribution in [0.15, 0.2) is 36.8 Å². The van der Waals surface area contributed by atoms with E-state index in [9.17, 15) is 9.18 Å². The third kappa shape index (κ3) is 4.04. The number of H-pyrrole nitrogens is 1. The van der Waals surface area contributed by atoms with Crippen molar-refractivity contribution in [1.29, 1.82) is 0 Å². The Hall–Kier alpha value is -2.87. The van der Waals surface area contributed by atoms with Gasteiger partial charge in [0, 0.05) is 42.6 Å². The average Bonchev–Trinajstić information content (AvgIpc) is 3.24. The Morgan fingerprint density at radius 3 is 2.90 bits per heavy atom. The fourth-order valence-electron chi connectivity index (χ4n) is 4.75. The predicted molar refractivity (Wildman–Crippen MR) is 119 cm³/mol. The van der Waals surface area contributed by atoms with Crippen LogP contribution in [-0.2, 0) is 4.79 Å². The van der Waals surface area contributed by atoms with E-state index < -0.39 is 5.82 Å². The number of carbonyl (C=O) groups is 1. The lowest BCUT2D eigenvalue weighted by Gasteiger charge is -2.43. The van der Waals surface area contributed by atoms with Gasteiger partial charge in [-0.1, -0.05) is 11.6 Å². The van der Waals surface area contributed by atoms with Crippen molar-refractivity contribution in [3.8, 4) is 0 Å². The second-order valence-electron chi connectivity index (χ2n) is 8.21. The van der Waals surface area contributed by atoms with E-state index in [1.54, 1.807) is 12.4 Å². The monoisotopic (exact) mass is 442 g/mol. The molecule has 0 aliphatic carbocycles. The molecule has 162 valence electrons. The second kappa shape index (κ2) is 8.34. The zero-order valence-corrected chi connectivity index (χ0v) is 17.8. The molecular weight excluding hydrogens is 419 g/mol. The van der Waals surface area contributed by atoms with Crippen LogP contribution in [0, 0.1) is 5.82 Å². The number of hydrogen-bond donors (Lipinski definition) is 2. The van der Waals surface area contributed by atoms with Gasteiger partial charge in [-0.25, -0.2) is 14.4 Å². The van der Waals surface area contributed by atoms with Gasteiger partial charge < -0.3 is 20.1 Å². The van der Waals surface area contributed by atoms with Crippen LogP contribution in [0.25, 0.3) is 11.0 Å². The van der Waals surface area contributed by atoms with Gasteiger partial charge in [0.2, 0.25) is 5.91 Å². The van der Waals surface area contributed by atoms with Crippen LogP contribution in [0.2, 0.25) is 5.02 Å². The third-order valence-electron chi connectivity index (χ3n) is 6.15. The molecule has 2 saturated heterocycles.